The zero-order valence-electron chi connectivity index (χ0n) is 12.4. The first-order valence-corrected chi connectivity index (χ1v) is 7.79. The monoisotopic (exact) mass is 440 g/mol. The molecule has 0 aromatic heterocycles. The number of nitrogens with one attached hydrogen (secondary N) is 2. The lowest BCUT2D eigenvalue weighted by Gasteiger charge is -2.20. The van der Waals surface area contributed by atoms with Gasteiger partial charge < -0.3 is 10.6 Å². The lowest BCUT2D eigenvalue weighted by molar-refractivity contribution is -0.165. The number of allylic oxidation sites excluding steroid dienone is 1. The van der Waals surface area contributed by atoms with Crippen molar-refractivity contribution in [3.05, 3.63) is 40.1 Å². The zero-order chi connectivity index (χ0) is 17.6. The minimum absolute atomic E-state index is 0.190. The van der Waals surface area contributed by atoms with E-state index in [1.807, 2.05) is 12.1 Å². The predicted octanol–water partition coefficient (Wildman–Crippen LogP) is 3.49. The molecule has 8 heteroatoms. The molecule has 0 heterocycles. The lowest BCUT2D eigenvalue weighted by Crippen LogP contribution is -2.42. The van der Waals surface area contributed by atoms with Crippen LogP contribution in [0.25, 0.3) is 0 Å². The van der Waals surface area contributed by atoms with Crippen LogP contribution in [0, 0.1) is 9.49 Å². The van der Waals surface area contributed by atoms with E-state index in [-0.39, 0.29) is 5.92 Å². The fourth-order valence-electron chi connectivity index (χ4n) is 1.65. The van der Waals surface area contributed by atoms with Crippen molar-refractivity contribution in [2.45, 2.75) is 26.1 Å². The number of anilines is 1. The van der Waals surface area contributed by atoms with Crippen LogP contribution in [0.2, 0.25) is 0 Å². The van der Waals surface area contributed by atoms with Gasteiger partial charge in [0.2, 0.25) is 5.91 Å². The maximum absolute atomic E-state index is 12.2. The second kappa shape index (κ2) is 8.32. The third-order valence-electron chi connectivity index (χ3n) is 2.85. The Balaban J connectivity index is 2.70. The molecule has 1 aromatic rings. The molecule has 0 saturated carbocycles. The van der Waals surface area contributed by atoms with Crippen LogP contribution in [0.3, 0.4) is 0 Å². The summed E-state index contributed by atoms with van der Waals surface area (Å²) in [5, 5.41) is 5.21. The van der Waals surface area contributed by atoms with Crippen LogP contribution >= 0.6 is 22.6 Å². The number of carbonyl (C=O) groups is 2. The van der Waals surface area contributed by atoms with Gasteiger partial charge in [0, 0.05) is 21.5 Å². The quantitative estimate of drug-likeness (QED) is 0.526. The Morgan fingerprint density at radius 1 is 1.17 bits per heavy atom. The van der Waals surface area contributed by atoms with Gasteiger partial charge in [-0.15, -0.1) is 0 Å². The van der Waals surface area contributed by atoms with Gasteiger partial charge in [0.15, 0.2) is 0 Å². The molecule has 1 amide bonds. The Kier molecular flexibility index (Phi) is 7.04. The van der Waals surface area contributed by atoms with E-state index < -0.39 is 23.9 Å². The molecule has 0 radical (unpaired) electrons. The SMILES string of the molecule is CC(C)C(N/C=C/C(=O)C(F)(F)F)C(=O)Nc1ccc(I)cc1. The van der Waals surface area contributed by atoms with E-state index in [4.69, 9.17) is 0 Å². The Labute approximate surface area is 145 Å². The summed E-state index contributed by atoms with van der Waals surface area (Å²) in [7, 11) is 0. The van der Waals surface area contributed by atoms with Crippen LogP contribution < -0.4 is 10.6 Å². The molecular formula is C15H16F3IN2O2. The molecule has 126 valence electrons. The number of carbonyl (C=O) groups excluding carboxylic acids is 2. The molecule has 0 saturated heterocycles. The highest BCUT2D eigenvalue weighted by Gasteiger charge is 2.36. The molecule has 0 aliphatic heterocycles. The number of benzene rings is 1. The van der Waals surface area contributed by atoms with Gasteiger partial charge in [0.25, 0.3) is 5.78 Å². The van der Waals surface area contributed by atoms with Crippen molar-refractivity contribution >= 4 is 40.0 Å². The van der Waals surface area contributed by atoms with Crippen molar-refractivity contribution in [3.63, 3.8) is 0 Å². The third-order valence-corrected chi connectivity index (χ3v) is 3.57. The van der Waals surface area contributed by atoms with Crippen molar-refractivity contribution in [1.29, 1.82) is 0 Å². The molecule has 0 fully saturated rings. The van der Waals surface area contributed by atoms with Gasteiger partial charge in [-0.2, -0.15) is 13.2 Å². The number of alkyl halides is 3. The average Bonchev–Trinajstić information content (AvgIpc) is 2.44. The van der Waals surface area contributed by atoms with E-state index >= 15 is 0 Å². The van der Waals surface area contributed by atoms with Gasteiger partial charge in [-0.3, -0.25) is 9.59 Å². The normalized spacial score (nSPS) is 13.2. The number of hydrogen-bond acceptors (Lipinski definition) is 3. The van der Waals surface area contributed by atoms with Crippen molar-refractivity contribution in [3.8, 4) is 0 Å². The van der Waals surface area contributed by atoms with Crippen LogP contribution in [0.4, 0.5) is 18.9 Å². The molecule has 2 N–H and O–H groups in total. The number of hydrogen-bond donors (Lipinski definition) is 2. The van der Waals surface area contributed by atoms with Crippen LogP contribution in [-0.2, 0) is 9.59 Å². The molecule has 1 unspecified atom stereocenters. The van der Waals surface area contributed by atoms with Gasteiger partial charge in [0.1, 0.15) is 6.04 Å². The second-order valence-corrected chi connectivity index (χ2v) is 6.33. The first kappa shape index (κ1) is 19.5. The van der Waals surface area contributed by atoms with E-state index in [9.17, 15) is 22.8 Å². The highest BCUT2D eigenvalue weighted by atomic mass is 127. The van der Waals surface area contributed by atoms with Gasteiger partial charge in [0.05, 0.1) is 0 Å². The molecule has 0 aliphatic carbocycles. The first-order chi connectivity index (χ1) is 10.6. The Hall–Kier alpha value is -1.58. The molecule has 23 heavy (non-hydrogen) atoms. The van der Waals surface area contributed by atoms with E-state index in [1.165, 1.54) is 0 Å². The molecular weight excluding hydrogens is 424 g/mol. The number of ketones is 1. The van der Waals surface area contributed by atoms with E-state index in [1.54, 1.807) is 26.0 Å². The van der Waals surface area contributed by atoms with Crippen molar-refractivity contribution in [2.75, 3.05) is 5.32 Å². The summed E-state index contributed by atoms with van der Waals surface area (Å²) < 4.78 is 37.3. The van der Waals surface area contributed by atoms with E-state index in [0.29, 0.717) is 11.8 Å². The minimum Gasteiger partial charge on any atom is -0.379 e. The first-order valence-electron chi connectivity index (χ1n) is 6.71. The molecule has 4 nitrogen and oxygen atoms in total. The summed E-state index contributed by atoms with van der Waals surface area (Å²) >= 11 is 2.13. The lowest BCUT2D eigenvalue weighted by atomic mass is 10.0. The molecule has 0 bridgehead atoms. The maximum atomic E-state index is 12.2. The fraction of sp³-hybridized carbons (Fsp3) is 0.333. The van der Waals surface area contributed by atoms with Gasteiger partial charge in [-0.1, -0.05) is 13.8 Å². The highest BCUT2D eigenvalue weighted by molar-refractivity contribution is 14.1. The van der Waals surface area contributed by atoms with E-state index in [0.717, 1.165) is 9.77 Å². The highest BCUT2D eigenvalue weighted by Crippen LogP contribution is 2.16. The van der Waals surface area contributed by atoms with Gasteiger partial charge in [-0.05, 0) is 52.8 Å². The molecule has 1 atom stereocenters. The molecule has 1 aromatic carbocycles. The summed E-state index contributed by atoms with van der Waals surface area (Å²) in [6.07, 6.45) is -3.70. The second-order valence-electron chi connectivity index (χ2n) is 5.08. The maximum Gasteiger partial charge on any atom is 0.454 e. The minimum atomic E-state index is -4.92. The molecule has 0 aliphatic rings. The van der Waals surface area contributed by atoms with Crippen molar-refractivity contribution in [1.82, 2.24) is 5.32 Å². The van der Waals surface area contributed by atoms with Crippen LogP contribution in [0.5, 0.6) is 0 Å². The summed E-state index contributed by atoms with van der Waals surface area (Å²) in [4.78, 5) is 23.0. The predicted molar refractivity (Wildman–Crippen MR) is 89.8 cm³/mol. The van der Waals surface area contributed by atoms with Crippen molar-refractivity contribution in [2.24, 2.45) is 5.92 Å². The zero-order valence-corrected chi connectivity index (χ0v) is 14.6. The number of halogens is 4. The third kappa shape index (κ3) is 6.59. The Bertz CT molecular complexity index is 583. The van der Waals surface area contributed by atoms with Crippen LogP contribution in [0.15, 0.2) is 36.5 Å². The summed E-state index contributed by atoms with van der Waals surface area (Å²) in [5.74, 6) is -2.57. The average molecular weight is 440 g/mol. The van der Waals surface area contributed by atoms with Gasteiger partial charge in [-0.25, -0.2) is 0 Å². The van der Waals surface area contributed by atoms with Crippen LogP contribution in [-0.4, -0.2) is 23.9 Å². The summed E-state index contributed by atoms with van der Waals surface area (Å²) in [6, 6.07) is 6.30. The topological polar surface area (TPSA) is 58.2 Å². The molecule has 1 rings (SSSR count). The largest absolute Gasteiger partial charge is 0.454 e. The number of amides is 1. The number of rotatable bonds is 6. The summed E-state index contributed by atoms with van der Waals surface area (Å²) in [5.41, 5.74) is 0.582. The standard InChI is InChI=1S/C15H16F3IN2O2/c1-9(2)13(20-8-7-12(22)15(16,17)18)14(23)21-11-5-3-10(19)4-6-11/h3-9,13,20H,1-2H3,(H,21,23)/b8-7+. The summed E-state index contributed by atoms with van der Waals surface area (Å²) in [6.45, 7) is 3.48. The van der Waals surface area contributed by atoms with Gasteiger partial charge >= 0.3 is 6.18 Å². The van der Waals surface area contributed by atoms with Crippen molar-refractivity contribution < 1.29 is 22.8 Å². The van der Waals surface area contributed by atoms with Crippen LogP contribution in [0.1, 0.15) is 13.8 Å². The Morgan fingerprint density at radius 3 is 2.22 bits per heavy atom. The Morgan fingerprint density at radius 2 is 1.74 bits per heavy atom. The fourth-order valence-corrected chi connectivity index (χ4v) is 2.01. The van der Waals surface area contributed by atoms with E-state index in [2.05, 4.69) is 33.2 Å². The molecule has 0 spiro atoms. The smallest absolute Gasteiger partial charge is 0.379 e.